The van der Waals surface area contributed by atoms with Crippen LogP contribution in [-0.4, -0.2) is 29.3 Å². The smallest absolute Gasteiger partial charge is 0.146 e. The molecule has 0 aromatic carbocycles. The largest absolute Gasteiger partial charge is 0.298 e. The van der Waals surface area contributed by atoms with Gasteiger partial charge in [-0.05, 0) is 40.7 Å². The summed E-state index contributed by atoms with van der Waals surface area (Å²) in [6, 6.07) is 0.171. The minimum atomic E-state index is 0.171. The Bertz CT molecular complexity index is 174. The first-order valence-electron chi connectivity index (χ1n) is 4.18. The highest BCUT2D eigenvalue weighted by Gasteiger charge is 2.38. The van der Waals surface area contributed by atoms with Gasteiger partial charge >= 0.3 is 0 Å². The molecule has 1 aliphatic heterocycles. The SMILES string of the molecule is CC(=O)C1CCC(C)(C)N1C. The van der Waals surface area contributed by atoms with Crippen LogP contribution in [0.2, 0.25) is 0 Å². The Hall–Kier alpha value is -0.370. The molecule has 1 heterocycles. The lowest BCUT2D eigenvalue weighted by Crippen LogP contribution is -2.42. The van der Waals surface area contributed by atoms with E-state index >= 15 is 0 Å². The highest BCUT2D eigenvalue weighted by molar-refractivity contribution is 5.81. The first kappa shape index (κ1) is 8.72. The number of Topliss-reactive ketones (excluding diaryl/α,β-unsaturated/α-hetero) is 1. The minimum Gasteiger partial charge on any atom is -0.298 e. The lowest BCUT2D eigenvalue weighted by molar-refractivity contribution is -0.121. The number of rotatable bonds is 1. The lowest BCUT2D eigenvalue weighted by atomic mass is 10.0. The number of hydrogen-bond acceptors (Lipinski definition) is 2. The molecule has 0 spiro atoms. The van der Waals surface area contributed by atoms with E-state index < -0.39 is 0 Å². The van der Waals surface area contributed by atoms with Gasteiger partial charge in [-0.15, -0.1) is 0 Å². The molecule has 2 nitrogen and oxygen atoms in total. The summed E-state index contributed by atoms with van der Waals surface area (Å²) in [6.45, 7) is 6.06. The van der Waals surface area contributed by atoms with Crippen molar-refractivity contribution >= 4 is 5.78 Å². The maximum Gasteiger partial charge on any atom is 0.146 e. The number of hydrogen-bond donors (Lipinski definition) is 0. The van der Waals surface area contributed by atoms with Gasteiger partial charge in [0, 0.05) is 5.54 Å². The predicted octanol–water partition coefficient (Wildman–Crippen LogP) is 1.45. The summed E-state index contributed by atoms with van der Waals surface area (Å²) >= 11 is 0. The molecule has 2 heteroatoms. The fourth-order valence-corrected chi connectivity index (χ4v) is 1.76. The van der Waals surface area contributed by atoms with E-state index in [0.29, 0.717) is 5.78 Å². The number of nitrogens with zero attached hydrogens (tertiary/aromatic N) is 1. The zero-order valence-corrected chi connectivity index (χ0v) is 7.85. The number of likely N-dealkylation sites (N-methyl/N-ethyl adjacent to an activating group) is 1. The number of carbonyl (C=O) groups excluding carboxylic acids is 1. The highest BCUT2D eigenvalue weighted by Crippen LogP contribution is 2.31. The molecule has 0 radical (unpaired) electrons. The second-order valence-corrected chi connectivity index (χ2v) is 4.09. The van der Waals surface area contributed by atoms with Crippen molar-refractivity contribution in [3.05, 3.63) is 0 Å². The van der Waals surface area contributed by atoms with Crippen molar-refractivity contribution in [2.45, 2.75) is 45.2 Å². The second-order valence-electron chi connectivity index (χ2n) is 4.09. The molecule has 1 atom stereocenters. The molecule has 11 heavy (non-hydrogen) atoms. The van der Waals surface area contributed by atoms with Gasteiger partial charge in [0.15, 0.2) is 0 Å². The third-order valence-electron chi connectivity index (χ3n) is 2.92. The van der Waals surface area contributed by atoms with E-state index in [2.05, 4.69) is 18.7 Å². The van der Waals surface area contributed by atoms with Crippen molar-refractivity contribution in [3.8, 4) is 0 Å². The normalized spacial score (nSPS) is 30.7. The van der Waals surface area contributed by atoms with Gasteiger partial charge in [-0.1, -0.05) is 0 Å². The number of ketones is 1. The zero-order valence-electron chi connectivity index (χ0n) is 7.85. The van der Waals surface area contributed by atoms with Crippen molar-refractivity contribution in [3.63, 3.8) is 0 Å². The number of carbonyl (C=O) groups is 1. The van der Waals surface area contributed by atoms with Crippen molar-refractivity contribution in [1.82, 2.24) is 4.90 Å². The van der Waals surface area contributed by atoms with E-state index in [-0.39, 0.29) is 11.6 Å². The summed E-state index contributed by atoms with van der Waals surface area (Å²) in [7, 11) is 2.04. The maximum absolute atomic E-state index is 11.1. The predicted molar refractivity (Wildman–Crippen MR) is 45.5 cm³/mol. The summed E-state index contributed by atoms with van der Waals surface area (Å²) in [5.74, 6) is 0.304. The summed E-state index contributed by atoms with van der Waals surface area (Å²) in [6.07, 6.45) is 2.16. The van der Waals surface area contributed by atoms with Crippen LogP contribution in [0.3, 0.4) is 0 Å². The Labute approximate surface area is 68.6 Å². The Morgan fingerprint density at radius 1 is 1.55 bits per heavy atom. The van der Waals surface area contributed by atoms with Gasteiger partial charge in [0.1, 0.15) is 5.78 Å². The van der Waals surface area contributed by atoms with Crippen molar-refractivity contribution in [1.29, 1.82) is 0 Å². The van der Waals surface area contributed by atoms with Crippen LogP contribution < -0.4 is 0 Å². The zero-order chi connectivity index (χ0) is 8.65. The van der Waals surface area contributed by atoms with Gasteiger partial charge in [0.05, 0.1) is 6.04 Å². The van der Waals surface area contributed by atoms with Gasteiger partial charge in [-0.2, -0.15) is 0 Å². The monoisotopic (exact) mass is 155 g/mol. The molecule has 1 aliphatic rings. The Balaban J connectivity index is 2.71. The highest BCUT2D eigenvalue weighted by atomic mass is 16.1. The minimum absolute atomic E-state index is 0.171. The lowest BCUT2D eigenvalue weighted by Gasteiger charge is -2.30. The van der Waals surface area contributed by atoms with Gasteiger partial charge in [0.25, 0.3) is 0 Å². The molecule has 0 saturated carbocycles. The fraction of sp³-hybridized carbons (Fsp3) is 0.889. The second kappa shape index (κ2) is 2.59. The first-order valence-corrected chi connectivity index (χ1v) is 4.18. The molecule has 0 bridgehead atoms. The molecule has 0 aromatic rings. The molecular weight excluding hydrogens is 138 g/mol. The van der Waals surface area contributed by atoms with Crippen LogP contribution in [0.1, 0.15) is 33.6 Å². The summed E-state index contributed by atoms with van der Waals surface area (Å²) in [4.78, 5) is 13.3. The number of likely N-dealkylation sites (tertiary alicyclic amines) is 1. The van der Waals surface area contributed by atoms with E-state index in [4.69, 9.17) is 0 Å². The van der Waals surface area contributed by atoms with Crippen molar-refractivity contribution in [2.24, 2.45) is 0 Å². The van der Waals surface area contributed by atoms with E-state index in [0.717, 1.165) is 12.8 Å². The summed E-state index contributed by atoms with van der Waals surface area (Å²) in [5, 5.41) is 0. The van der Waals surface area contributed by atoms with Gasteiger partial charge < -0.3 is 0 Å². The molecule has 64 valence electrons. The van der Waals surface area contributed by atoms with Gasteiger partial charge in [-0.3, -0.25) is 9.69 Å². The van der Waals surface area contributed by atoms with Crippen LogP contribution in [0, 0.1) is 0 Å². The molecule has 0 aliphatic carbocycles. The maximum atomic E-state index is 11.1. The average molecular weight is 155 g/mol. The fourth-order valence-electron chi connectivity index (χ4n) is 1.76. The van der Waals surface area contributed by atoms with E-state index in [9.17, 15) is 4.79 Å². The van der Waals surface area contributed by atoms with Crippen molar-refractivity contribution < 1.29 is 4.79 Å². The average Bonchev–Trinajstić information content (AvgIpc) is 2.09. The molecule has 1 saturated heterocycles. The topological polar surface area (TPSA) is 20.3 Å². The Morgan fingerprint density at radius 2 is 2.09 bits per heavy atom. The van der Waals surface area contributed by atoms with Crippen LogP contribution in [0.4, 0.5) is 0 Å². The summed E-state index contributed by atoms with van der Waals surface area (Å²) < 4.78 is 0. The standard InChI is InChI=1S/C9H17NO/c1-7(11)8-5-6-9(2,3)10(8)4/h8H,5-6H2,1-4H3. The van der Waals surface area contributed by atoms with Crippen LogP contribution in [0.5, 0.6) is 0 Å². The van der Waals surface area contributed by atoms with E-state index in [1.54, 1.807) is 6.92 Å². The molecule has 1 rings (SSSR count). The molecular formula is C9H17NO. The molecule has 0 amide bonds. The quantitative estimate of drug-likeness (QED) is 0.571. The van der Waals surface area contributed by atoms with Crippen LogP contribution in [-0.2, 0) is 4.79 Å². The van der Waals surface area contributed by atoms with Crippen LogP contribution in [0.15, 0.2) is 0 Å². The van der Waals surface area contributed by atoms with Crippen molar-refractivity contribution in [2.75, 3.05) is 7.05 Å². The molecule has 0 N–H and O–H groups in total. The Kier molecular flexibility index (Phi) is 2.06. The Morgan fingerprint density at radius 3 is 2.27 bits per heavy atom. The summed E-state index contributed by atoms with van der Waals surface area (Å²) in [5.41, 5.74) is 0.219. The van der Waals surface area contributed by atoms with E-state index in [1.807, 2.05) is 7.05 Å². The van der Waals surface area contributed by atoms with Crippen LogP contribution in [0.25, 0.3) is 0 Å². The third-order valence-corrected chi connectivity index (χ3v) is 2.92. The van der Waals surface area contributed by atoms with E-state index in [1.165, 1.54) is 0 Å². The molecule has 0 aromatic heterocycles. The third kappa shape index (κ3) is 1.45. The first-order chi connectivity index (χ1) is 4.95. The molecule has 1 unspecified atom stereocenters. The van der Waals surface area contributed by atoms with Gasteiger partial charge in [0.2, 0.25) is 0 Å². The van der Waals surface area contributed by atoms with Gasteiger partial charge in [-0.25, -0.2) is 0 Å². The van der Waals surface area contributed by atoms with Crippen LogP contribution >= 0.6 is 0 Å². The molecule has 1 fully saturated rings.